The Bertz CT molecular complexity index is 281. The van der Waals surface area contributed by atoms with Gasteiger partial charge in [0.15, 0.2) is 0 Å². The largest absolute Gasteiger partial charge is 0.481 e. The minimum atomic E-state index is -1.02. The van der Waals surface area contributed by atoms with Gasteiger partial charge in [0.05, 0.1) is 12.1 Å². The number of nitrogens with two attached hydrogens (primary N) is 1. The molecule has 0 spiro atoms. The molecule has 0 aliphatic heterocycles. The number of carbonyl (C=O) groups excluding carboxylic acids is 2. The number of carbonyl (C=O) groups is 2. The average Bonchev–Trinajstić information content (AvgIpc) is 2.31. The summed E-state index contributed by atoms with van der Waals surface area (Å²) in [5.74, 6) is -1.47. The average molecular weight is 243 g/mol. The van der Waals surface area contributed by atoms with Crippen LogP contribution < -0.4 is 11.1 Å². The van der Waals surface area contributed by atoms with Gasteiger partial charge < -0.3 is 16.2 Å². The van der Waals surface area contributed by atoms with E-state index in [4.69, 9.17) is 10.8 Å². The summed E-state index contributed by atoms with van der Waals surface area (Å²) in [6.45, 7) is 3.74. The second kappa shape index (κ2) is 7.78. The van der Waals surface area contributed by atoms with Crippen molar-refractivity contribution in [1.82, 2.24) is 5.32 Å². The van der Waals surface area contributed by atoms with Crippen LogP contribution in [0.2, 0.25) is 0 Å². The van der Waals surface area contributed by atoms with Crippen LogP contribution in [0.1, 0.15) is 33.1 Å². The molecular formula is C11H19N2O4. The molecule has 6 heteroatoms. The Morgan fingerprint density at radius 3 is 2.47 bits per heavy atom. The van der Waals surface area contributed by atoms with Crippen LogP contribution in [0.4, 0.5) is 0 Å². The number of hydrogen-bond donors (Lipinski definition) is 3. The zero-order valence-electron chi connectivity index (χ0n) is 10.1. The fraction of sp³-hybridized carbons (Fsp3) is 0.727. The van der Waals surface area contributed by atoms with E-state index < -0.39 is 24.0 Å². The number of hydrogen-bond acceptors (Lipinski definition) is 4. The fourth-order valence-electron chi connectivity index (χ4n) is 1.21. The van der Waals surface area contributed by atoms with E-state index in [0.717, 1.165) is 6.42 Å². The van der Waals surface area contributed by atoms with Gasteiger partial charge in [0, 0.05) is 6.42 Å². The van der Waals surface area contributed by atoms with E-state index in [1.165, 1.54) is 0 Å². The van der Waals surface area contributed by atoms with Gasteiger partial charge in [-0.25, -0.2) is 0 Å². The van der Waals surface area contributed by atoms with Crippen molar-refractivity contribution in [3.05, 3.63) is 0 Å². The molecule has 17 heavy (non-hydrogen) atoms. The summed E-state index contributed by atoms with van der Waals surface area (Å²) in [6, 6.07) is -1.60. The van der Waals surface area contributed by atoms with Crippen molar-refractivity contribution in [3.8, 4) is 0 Å². The van der Waals surface area contributed by atoms with Crippen LogP contribution in [0, 0.1) is 5.92 Å². The first-order chi connectivity index (χ1) is 7.92. The number of rotatable bonds is 8. The SMILES string of the molecule is CC[C@H](C)[C@H](N)C(=O)N[C@H]([C]=O)CCC(=O)O. The first-order valence-electron chi connectivity index (χ1n) is 5.57. The highest BCUT2D eigenvalue weighted by molar-refractivity contribution is 5.84. The summed E-state index contributed by atoms with van der Waals surface area (Å²) in [4.78, 5) is 32.5. The molecule has 0 bridgehead atoms. The minimum Gasteiger partial charge on any atom is -0.481 e. The lowest BCUT2D eigenvalue weighted by Gasteiger charge is -2.19. The van der Waals surface area contributed by atoms with Crippen molar-refractivity contribution in [2.24, 2.45) is 11.7 Å². The predicted octanol–water partition coefficient (Wildman–Crippen LogP) is -0.181. The summed E-state index contributed by atoms with van der Waals surface area (Å²) in [6.07, 6.45) is 2.18. The van der Waals surface area contributed by atoms with Gasteiger partial charge in [-0.3, -0.25) is 14.4 Å². The second-order valence-corrected chi connectivity index (χ2v) is 4.02. The molecule has 0 aromatic heterocycles. The van der Waals surface area contributed by atoms with E-state index in [1.54, 1.807) is 6.29 Å². The number of nitrogens with one attached hydrogen (secondary N) is 1. The van der Waals surface area contributed by atoms with Crippen molar-refractivity contribution in [3.63, 3.8) is 0 Å². The standard InChI is InChI=1S/C11H19N2O4/c1-3-7(2)10(12)11(17)13-8(6-14)4-5-9(15)16/h7-8,10H,3-5,12H2,1-2H3,(H,13,17)(H,15,16)/t7-,8-,10-/m0/s1. The van der Waals surface area contributed by atoms with E-state index in [0.29, 0.717) is 0 Å². The van der Waals surface area contributed by atoms with Crippen LogP contribution in [0.15, 0.2) is 0 Å². The normalized spacial score (nSPS) is 15.7. The van der Waals surface area contributed by atoms with Crippen molar-refractivity contribution in [2.45, 2.75) is 45.2 Å². The lowest BCUT2D eigenvalue weighted by molar-refractivity contribution is -0.137. The highest BCUT2D eigenvalue weighted by atomic mass is 16.4. The Hall–Kier alpha value is -1.43. The van der Waals surface area contributed by atoms with Gasteiger partial charge >= 0.3 is 5.97 Å². The molecule has 4 N–H and O–H groups in total. The topological polar surface area (TPSA) is 109 Å². The molecule has 1 amide bonds. The number of carboxylic acids is 1. The maximum Gasteiger partial charge on any atom is 0.303 e. The summed E-state index contributed by atoms with van der Waals surface area (Å²) < 4.78 is 0. The maximum absolute atomic E-state index is 11.6. The molecule has 0 saturated carbocycles. The maximum atomic E-state index is 11.6. The molecule has 0 aliphatic rings. The van der Waals surface area contributed by atoms with Crippen LogP contribution in [0.3, 0.4) is 0 Å². The van der Waals surface area contributed by atoms with Crippen LogP contribution in [-0.4, -0.2) is 35.4 Å². The van der Waals surface area contributed by atoms with Gasteiger partial charge in [0.25, 0.3) is 0 Å². The van der Waals surface area contributed by atoms with E-state index in [2.05, 4.69) is 5.32 Å². The van der Waals surface area contributed by atoms with E-state index in [1.807, 2.05) is 13.8 Å². The zero-order valence-corrected chi connectivity index (χ0v) is 10.1. The second-order valence-electron chi connectivity index (χ2n) is 4.02. The Balaban J connectivity index is 4.22. The third-order valence-electron chi connectivity index (χ3n) is 2.67. The monoisotopic (exact) mass is 243 g/mol. The Morgan fingerprint density at radius 1 is 1.47 bits per heavy atom. The highest BCUT2D eigenvalue weighted by Crippen LogP contribution is 2.06. The minimum absolute atomic E-state index is 0.00164. The Labute approximate surface area is 101 Å². The number of carboxylic acid groups (broad SMARTS) is 1. The highest BCUT2D eigenvalue weighted by Gasteiger charge is 2.22. The molecule has 6 nitrogen and oxygen atoms in total. The summed E-state index contributed by atoms with van der Waals surface area (Å²) >= 11 is 0. The third kappa shape index (κ3) is 6.01. The van der Waals surface area contributed by atoms with Gasteiger partial charge in [-0.05, 0) is 12.3 Å². The Kier molecular flexibility index (Phi) is 7.13. The van der Waals surface area contributed by atoms with Crippen LogP contribution in [0.25, 0.3) is 0 Å². The summed E-state index contributed by atoms with van der Waals surface area (Å²) in [5.41, 5.74) is 5.67. The molecule has 0 saturated heterocycles. The zero-order chi connectivity index (χ0) is 13.4. The van der Waals surface area contributed by atoms with Crippen LogP contribution in [0.5, 0.6) is 0 Å². The van der Waals surface area contributed by atoms with Crippen molar-refractivity contribution in [1.29, 1.82) is 0 Å². The van der Waals surface area contributed by atoms with E-state index in [-0.39, 0.29) is 18.8 Å². The van der Waals surface area contributed by atoms with Crippen LogP contribution in [-0.2, 0) is 14.4 Å². The molecule has 0 rings (SSSR count). The van der Waals surface area contributed by atoms with E-state index in [9.17, 15) is 14.4 Å². The first kappa shape index (κ1) is 15.6. The lowest BCUT2D eigenvalue weighted by atomic mass is 9.99. The summed E-state index contributed by atoms with van der Waals surface area (Å²) in [7, 11) is 0. The van der Waals surface area contributed by atoms with Gasteiger partial charge in [0.2, 0.25) is 12.2 Å². The summed E-state index contributed by atoms with van der Waals surface area (Å²) in [5, 5.41) is 10.8. The lowest BCUT2D eigenvalue weighted by Crippen LogP contribution is -2.48. The van der Waals surface area contributed by atoms with Crippen LogP contribution >= 0.6 is 0 Å². The quantitative estimate of drug-likeness (QED) is 0.548. The number of amides is 1. The third-order valence-corrected chi connectivity index (χ3v) is 2.67. The van der Waals surface area contributed by atoms with Crippen molar-refractivity contribution in [2.75, 3.05) is 0 Å². The number of aliphatic carboxylic acids is 1. The Morgan fingerprint density at radius 2 is 2.06 bits per heavy atom. The van der Waals surface area contributed by atoms with Gasteiger partial charge in [0.1, 0.15) is 0 Å². The molecule has 0 aliphatic carbocycles. The first-order valence-corrected chi connectivity index (χ1v) is 5.57. The molecule has 0 aromatic carbocycles. The van der Waals surface area contributed by atoms with Gasteiger partial charge in [-0.1, -0.05) is 20.3 Å². The van der Waals surface area contributed by atoms with Gasteiger partial charge in [-0.15, -0.1) is 0 Å². The fourth-order valence-corrected chi connectivity index (χ4v) is 1.21. The molecule has 3 atom stereocenters. The van der Waals surface area contributed by atoms with Crippen molar-refractivity contribution < 1.29 is 19.5 Å². The van der Waals surface area contributed by atoms with E-state index >= 15 is 0 Å². The molecular weight excluding hydrogens is 224 g/mol. The predicted molar refractivity (Wildman–Crippen MR) is 61.9 cm³/mol. The van der Waals surface area contributed by atoms with Crippen molar-refractivity contribution >= 4 is 18.2 Å². The molecule has 1 radical (unpaired) electrons. The molecule has 0 aromatic rings. The molecule has 0 unspecified atom stereocenters. The van der Waals surface area contributed by atoms with Gasteiger partial charge in [-0.2, -0.15) is 0 Å². The molecule has 97 valence electrons. The molecule has 0 heterocycles. The molecule has 0 fully saturated rings. The smallest absolute Gasteiger partial charge is 0.303 e.